The van der Waals surface area contributed by atoms with Crippen LogP contribution in [0.4, 0.5) is 0 Å². The highest BCUT2D eigenvalue weighted by Gasteiger charge is 2.40. The third-order valence-corrected chi connectivity index (χ3v) is 5.12. The van der Waals surface area contributed by atoms with Gasteiger partial charge in [0.2, 0.25) is 0 Å². The van der Waals surface area contributed by atoms with Crippen LogP contribution in [0.15, 0.2) is 24.5 Å². The number of amides is 1. The fourth-order valence-electron chi connectivity index (χ4n) is 3.53. The van der Waals surface area contributed by atoms with Crippen molar-refractivity contribution in [3.05, 3.63) is 30.1 Å². The van der Waals surface area contributed by atoms with Gasteiger partial charge in [0.05, 0.1) is 13.2 Å². The summed E-state index contributed by atoms with van der Waals surface area (Å²) in [7, 11) is 2.17. The molecule has 0 atom stereocenters. The summed E-state index contributed by atoms with van der Waals surface area (Å²) in [4.78, 5) is 21.2. The highest BCUT2D eigenvalue weighted by atomic mass is 16.5. The Hall–Kier alpha value is -1.50. The molecule has 1 aromatic rings. The SMILES string of the molecule is CN1CCC(CNC(=O)c2ccncc2)(N2CCOCC2)CC1. The van der Waals surface area contributed by atoms with Crippen LogP contribution in [-0.4, -0.2) is 79.2 Å². The molecule has 126 valence electrons. The van der Waals surface area contributed by atoms with Crippen molar-refractivity contribution in [2.75, 3.05) is 53.0 Å². The molecule has 0 spiro atoms. The van der Waals surface area contributed by atoms with Crippen LogP contribution in [0, 0.1) is 0 Å². The first-order valence-electron chi connectivity index (χ1n) is 8.39. The smallest absolute Gasteiger partial charge is 0.251 e. The van der Waals surface area contributed by atoms with Crippen molar-refractivity contribution in [2.45, 2.75) is 18.4 Å². The Morgan fingerprint density at radius 1 is 1.22 bits per heavy atom. The molecule has 2 fully saturated rings. The molecule has 6 heteroatoms. The minimum absolute atomic E-state index is 0.0148. The quantitative estimate of drug-likeness (QED) is 0.881. The molecule has 2 aliphatic rings. The van der Waals surface area contributed by atoms with Gasteiger partial charge in [-0.25, -0.2) is 0 Å². The van der Waals surface area contributed by atoms with Crippen molar-refractivity contribution in [3.63, 3.8) is 0 Å². The largest absolute Gasteiger partial charge is 0.379 e. The van der Waals surface area contributed by atoms with E-state index in [0.717, 1.165) is 52.2 Å². The first-order chi connectivity index (χ1) is 11.2. The van der Waals surface area contributed by atoms with Crippen molar-refractivity contribution < 1.29 is 9.53 Å². The molecule has 0 unspecified atom stereocenters. The summed E-state index contributed by atoms with van der Waals surface area (Å²) in [5, 5.41) is 3.15. The van der Waals surface area contributed by atoms with Gasteiger partial charge in [0.15, 0.2) is 0 Å². The maximum Gasteiger partial charge on any atom is 0.251 e. The standard InChI is InChI=1S/C17H26N4O2/c1-20-8-4-17(5-9-20,21-10-12-23-13-11-21)14-19-16(22)15-2-6-18-7-3-15/h2-3,6-7H,4-5,8-14H2,1H3,(H,19,22). The number of nitrogens with one attached hydrogen (secondary N) is 1. The lowest BCUT2D eigenvalue weighted by Gasteiger charge is -2.49. The molecule has 23 heavy (non-hydrogen) atoms. The summed E-state index contributed by atoms with van der Waals surface area (Å²) in [6.07, 6.45) is 5.48. The van der Waals surface area contributed by atoms with E-state index in [4.69, 9.17) is 4.74 Å². The predicted molar refractivity (Wildman–Crippen MR) is 88.4 cm³/mol. The number of aromatic nitrogens is 1. The average Bonchev–Trinajstić information content (AvgIpc) is 2.63. The van der Waals surface area contributed by atoms with Gasteiger partial charge in [-0.3, -0.25) is 14.7 Å². The number of nitrogens with zero attached hydrogens (tertiary/aromatic N) is 3. The Balaban J connectivity index is 1.67. The second-order valence-electron chi connectivity index (χ2n) is 6.55. The van der Waals surface area contributed by atoms with E-state index in [0.29, 0.717) is 12.1 Å². The minimum atomic E-state index is -0.0148. The van der Waals surface area contributed by atoms with E-state index in [1.807, 2.05) is 0 Å². The molecular weight excluding hydrogens is 292 g/mol. The van der Waals surface area contributed by atoms with Crippen molar-refractivity contribution in [3.8, 4) is 0 Å². The number of morpholine rings is 1. The normalized spacial score (nSPS) is 22.7. The Morgan fingerprint density at radius 3 is 2.52 bits per heavy atom. The van der Waals surface area contributed by atoms with Gasteiger partial charge in [0.25, 0.3) is 5.91 Å². The van der Waals surface area contributed by atoms with Crippen molar-refractivity contribution >= 4 is 5.91 Å². The summed E-state index contributed by atoms with van der Waals surface area (Å²) in [5.41, 5.74) is 0.726. The topological polar surface area (TPSA) is 57.7 Å². The third-order valence-electron chi connectivity index (χ3n) is 5.12. The van der Waals surface area contributed by atoms with E-state index < -0.39 is 0 Å². The van der Waals surface area contributed by atoms with E-state index in [-0.39, 0.29) is 11.4 Å². The molecule has 1 N–H and O–H groups in total. The minimum Gasteiger partial charge on any atom is -0.379 e. The summed E-state index contributed by atoms with van der Waals surface area (Å²) in [5.74, 6) is -0.0148. The Morgan fingerprint density at radius 2 is 1.87 bits per heavy atom. The number of ether oxygens (including phenoxy) is 1. The molecule has 2 saturated heterocycles. The highest BCUT2D eigenvalue weighted by Crippen LogP contribution is 2.29. The number of pyridine rings is 1. The van der Waals surface area contributed by atoms with Crippen molar-refractivity contribution in [1.82, 2.24) is 20.1 Å². The van der Waals surface area contributed by atoms with Crippen LogP contribution in [0.2, 0.25) is 0 Å². The summed E-state index contributed by atoms with van der Waals surface area (Å²) >= 11 is 0. The summed E-state index contributed by atoms with van der Waals surface area (Å²) in [6.45, 7) is 6.32. The van der Waals surface area contributed by atoms with Gasteiger partial charge in [0, 0.05) is 43.1 Å². The molecule has 0 bridgehead atoms. The van der Waals surface area contributed by atoms with E-state index in [1.54, 1.807) is 24.5 Å². The molecule has 6 nitrogen and oxygen atoms in total. The van der Waals surface area contributed by atoms with Crippen LogP contribution in [0.25, 0.3) is 0 Å². The number of hydrogen-bond acceptors (Lipinski definition) is 5. The second kappa shape index (κ2) is 7.38. The lowest BCUT2D eigenvalue weighted by atomic mass is 9.85. The molecule has 1 aromatic heterocycles. The van der Waals surface area contributed by atoms with Crippen LogP contribution in [0.5, 0.6) is 0 Å². The fourth-order valence-corrected chi connectivity index (χ4v) is 3.53. The van der Waals surface area contributed by atoms with E-state index in [2.05, 4.69) is 27.1 Å². The molecule has 0 saturated carbocycles. The average molecular weight is 318 g/mol. The monoisotopic (exact) mass is 318 g/mol. The van der Waals surface area contributed by atoms with Gasteiger partial charge in [-0.15, -0.1) is 0 Å². The fraction of sp³-hybridized carbons (Fsp3) is 0.647. The number of likely N-dealkylation sites (tertiary alicyclic amines) is 1. The van der Waals surface area contributed by atoms with E-state index in [1.165, 1.54) is 0 Å². The zero-order valence-corrected chi connectivity index (χ0v) is 13.8. The number of carbonyl (C=O) groups excluding carboxylic acids is 1. The first-order valence-corrected chi connectivity index (χ1v) is 8.39. The molecule has 2 aliphatic heterocycles. The summed E-state index contributed by atoms with van der Waals surface area (Å²) < 4.78 is 5.51. The molecule has 0 aliphatic carbocycles. The maximum atomic E-state index is 12.4. The van der Waals surface area contributed by atoms with Gasteiger partial charge in [-0.05, 0) is 45.1 Å². The number of rotatable bonds is 4. The molecule has 1 amide bonds. The highest BCUT2D eigenvalue weighted by molar-refractivity contribution is 5.94. The van der Waals surface area contributed by atoms with E-state index >= 15 is 0 Å². The van der Waals surface area contributed by atoms with Crippen LogP contribution in [-0.2, 0) is 4.74 Å². The van der Waals surface area contributed by atoms with Crippen molar-refractivity contribution in [2.24, 2.45) is 0 Å². The van der Waals surface area contributed by atoms with Gasteiger partial charge in [0.1, 0.15) is 0 Å². The zero-order valence-electron chi connectivity index (χ0n) is 13.8. The number of piperidine rings is 1. The van der Waals surface area contributed by atoms with Crippen LogP contribution in [0.1, 0.15) is 23.2 Å². The Kier molecular flexibility index (Phi) is 5.25. The summed E-state index contributed by atoms with van der Waals surface area (Å²) in [6, 6.07) is 3.51. The number of hydrogen-bond donors (Lipinski definition) is 1. The van der Waals surface area contributed by atoms with Crippen LogP contribution >= 0.6 is 0 Å². The zero-order chi connectivity index (χ0) is 16.1. The Labute approximate surface area is 137 Å². The van der Waals surface area contributed by atoms with Crippen LogP contribution in [0.3, 0.4) is 0 Å². The van der Waals surface area contributed by atoms with Crippen molar-refractivity contribution in [1.29, 1.82) is 0 Å². The van der Waals surface area contributed by atoms with Crippen LogP contribution < -0.4 is 5.32 Å². The van der Waals surface area contributed by atoms with Gasteiger partial charge in [-0.2, -0.15) is 0 Å². The molecule has 0 radical (unpaired) electrons. The lowest BCUT2D eigenvalue weighted by molar-refractivity contribution is -0.0439. The molecular formula is C17H26N4O2. The molecule has 0 aromatic carbocycles. The predicted octanol–water partition coefficient (Wildman–Crippen LogP) is 0.608. The lowest BCUT2D eigenvalue weighted by Crippen LogP contribution is -2.62. The third kappa shape index (κ3) is 3.88. The van der Waals surface area contributed by atoms with Gasteiger partial charge in [-0.1, -0.05) is 0 Å². The molecule has 3 rings (SSSR count). The van der Waals surface area contributed by atoms with E-state index in [9.17, 15) is 4.79 Å². The maximum absolute atomic E-state index is 12.4. The second-order valence-corrected chi connectivity index (χ2v) is 6.55. The Bertz CT molecular complexity index is 509. The van der Waals surface area contributed by atoms with Gasteiger partial charge < -0.3 is 15.0 Å². The first kappa shape index (κ1) is 16.4. The van der Waals surface area contributed by atoms with Gasteiger partial charge >= 0.3 is 0 Å². The number of carbonyl (C=O) groups is 1. The molecule has 3 heterocycles.